The third-order valence-electron chi connectivity index (χ3n) is 1.56. The smallest absolute Gasteiger partial charge is 0.320 e. The summed E-state index contributed by atoms with van der Waals surface area (Å²) in [4.78, 5) is 11.2. The van der Waals surface area contributed by atoms with Crippen LogP contribution in [-0.4, -0.2) is 33.9 Å². The number of urea groups is 1. The molecule has 0 fully saturated rings. The molecule has 1 aromatic heterocycles. The Balaban J connectivity index is 2.25. The molecule has 0 unspecified atom stereocenters. The van der Waals surface area contributed by atoms with Gasteiger partial charge in [-0.2, -0.15) is 0 Å². The molecule has 0 aliphatic heterocycles. The predicted octanol–water partition coefficient (Wildman–Crippen LogP) is 0.598. The van der Waals surface area contributed by atoms with Crippen molar-refractivity contribution < 1.29 is 9.90 Å². The molecule has 6 nitrogen and oxygen atoms in total. The molecule has 0 aliphatic rings. The Labute approximate surface area is 91.2 Å². The number of nitrogens with one attached hydrogen (secondary N) is 2. The maximum atomic E-state index is 11.2. The monoisotopic (exact) mass is 228 g/mol. The van der Waals surface area contributed by atoms with E-state index in [1.165, 1.54) is 6.20 Å². The summed E-state index contributed by atoms with van der Waals surface area (Å²) < 4.78 is 3.60. The molecule has 0 aliphatic carbocycles. The Hall–Kier alpha value is -1.47. The van der Waals surface area contributed by atoms with Gasteiger partial charge in [-0.05, 0) is 6.92 Å². The zero-order valence-electron chi connectivity index (χ0n) is 8.23. The van der Waals surface area contributed by atoms with Gasteiger partial charge < -0.3 is 10.4 Å². The highest BCUT2D eigenvalue weighted by atomic mass is 32.1. The van der Waals surface area contributed by atoms with Crippen LogP contribution >= 0.6 is 11.5 Å². The Bertz CT molecular complexity index is 336. The summed E-state index contributed by atoms with van der Waals surface area (Å²) in [5.74, 6) is 0. The van der Waals surface area contributed by atoms with Crippen LogP contribution < -0.4 is 10.6 Å². The van der Waals surface area contributed by atoms with Crippen LogP contribution in [-0.2, 0) is 0 Å². The van der Waals surface area contributed by atoms with Gasteiger partial charge in [-0.3, -0.25) is 5.32 Å². The predicted molar refractivity (Wildman–Crippen MR) is 57.8 cm³/mol. The van der Waals surface area contributed by atoms with Gasteiger partial charge in [-0.25, -0.2) is 4.79 Å². The minimum absolute atomic E-state index is 0.00205. The summed E-state index contributed by atoms with van der Waals surface area (Å²) in [7, 11) is 0. The first kappa shape index (κ1) is 11.6. The number of carbonyl (C=O) groups excluding carboxylic acids is 1. The zero-order valence-corrected chi connectivity index (χ0v) is 9.04. The van der Waals surface area contributed by atoms with E-state index >= 15 is 0 Å². The van der Waals surface area contributed by atoms with Crippen molar-refractivity contribution in [2.75, 3.05) is 18.5 Å². The van der Waals surface area contributed by atoms with E-state index in [0.29, 0.717) is 11.5 Å². The van der Waals surface area contributed by atoms with Gasteiger partial charge in [-0.1, -0.05) is 16.1 Å². The summed E-state index contributed by atoms with van der Waals surface area (Å²) in [6.45, 7) is 2.17. The third kappa shape index (κ3) is 4.52. The van der Waals surface area contributed by atoms with Crippen LogP contribution in [0.15, 0.2) is 17.8 Å². The zero-order chi connectivity index (χ0) is 11.1. The summed E-state index contributed by atoms with van der Waals surface area (Å²) in [6, 6.07) is -0.317. The lowest BCUT2D eigenvalue weighted by molar-refractivity contribution is 0.253. The molecule has 0 saturated carbocycles. The number of hydrogen-bond donors (Lipinski definition) is 3. The van der Waals surface area contributed by atoms with E-state index in [9.17, 15) is 4.79 Å². The van der Waals surface area contributed by atoms with E-state index in [4.69, 9.17) is 5.11 Å². The molecule has 82 valence electrons. The van der Waals surface area contributed by atoms with E-state index in [2.05, 4.69) is 20.2 Å². The molecule has 3 N–H and O–H groups in total. The number of rotatable bonds is 4. The van der Waals surface area contributed by atoms with Crippen molar-refractivity contribution in [2.45, 2.75) is 6.92 Å². The average molecular weight is 228 g/mol. The summed E-state index contributed by atoms with van der Waals surface area (Å²) in [5.41, 5.74) is 0.815. The average Bonchev–Trinajstić information content (AvgIpc) is 2.70. The fourth-order valence-electron chi connectivity index (χ4n) is 0.761. The van der Waals surface area contributed by atoms with Gasteiger partial charge in [0.05, 0.1) is 12.8 Å². The minimum Gasteiger partial charge on any atom is -0.392 e. The van der Waals surface area contributed by atoms with Crippen molar-refractivity contribution in [1.82, 2.24) is 14.9 Å². The Morgan fingerprint density at radius 1 is 1.73 bits per heavy atom. The molecule has 0 aromatic carbocycles. The topological polar surface area (TPSA) is 87.1 Å². The Morgan fingerprint density at radius 2 is 2.53 bits per heavy atom. The first-order valence-electron chi connectivity index (χ1n) is 4.31. The van der Waals surface area contributed by atoms with E-state index in [1.807, 2.05) is 0 Å². The van der Waals surface area contributed by atoms with Crippen LogP contribution in [0.1, 0.15) is 6.92 Å². The number of nitrogens with zero attached hydrogens (tertiary/aromatic N) is 2. The van der Waals surface area contributed by atoms with Crippen molar-refractivity contribution in [3.05, 3.63) is 17.8 Å². The van der Waals surface area contributed by atoms with Crippen LogP contribution in [0.3, 0.4) is 0 Å². The molecule has 0 spiro atoms. The second-order valence-corrected chi connectivity index (χ2v) is 3.61. The fraction of sp³-hybridized carbons (Fsp3) is 0.375. The van der Waals surface area contributed by atoms with Crippen LogP contribution in [0, 0.1) is 0 Å². The van der Waals surface area contributed by atoms with Gasteiger partial charge in [0.25, 0.3) is 0 Å². The van der Waals surface area contributed by atoms with E-state index in [1.54, 1.807) is 13.0 Å². The van der Waals surface area contributed by atoms with Crippen LogP contribution in [0.5, 0.6) is 0 Å². The van der Waals surface area contributed by atoms with Crippen molar-refractivity contribution in [3.63, 3.8) is 0 Å². The van der Waals surface area contributed by atoms with Crippen molar-refractivity contribution in [2.24, 2.45) is 0 Å². The first-order valence-corrected chi connectivity index (χ1v) is 5.08. The second kappa shape index (κ2) is 6.10. The van der Waals surface area contributed by atoms with Gasteiger partial charge in [0.15, 0.2) is 0 Å². The molecule has 7 heteroatoms. The van der Waals surface area contributed by atoms with Crippen LogP contribution in [0.25, 0.3) is 0 Å². The molecule has 15 heavy (non-hydrogen) atoms. The van der Waals surface area contributed by atoms with Crippen molar-refractivity contribution in [3.8, 4) is 0 Å². The Kier molecular flexibility index (Phi) is 4.72. The van der Waals surface area contributed by atoms with Gasteiger partial charge in [-0.15, -0.1) is 5.10 Å². The van der Waals surface area contributed by atoms with Gasteiger partial charge in [0.2, 0.25) is 0 Å². The summed E-state index contributed by atoms with van der Waals surface area (Å²) in [5, 5.41) is 18.0. The number of aromatic nitrogens is 2. The molecular weight excluding hydrogens is 216 g/mol. The normalized spacial score (nSPS) is 11.2. The minimum atomic E-state index is -0.317. The molecule has 1 rings (SSSR count). The van der Waals surface area contributed by atoms with E-state index in [-0.39, 0.29) is 12.6 Å². The SMILES string of the molecule is CC(=CCNC(=O)Nc1cnns1)CO. The van der Waals surface area contributed by atoms with Gasteiger partial charge in [0.1, 0.15) is 5.00 Å². The third-order valence-corrected chi connectivity index (χ3v) is 2.14. The number of anilines is 1. The lowest BCUT2D eigenvalue weighted by atomic mass is 10.3. The number of amides is 2. The first-order chi connectivity index (χ1) is 7.22. The van der Waals surface area contributed by atoms with Crippen molar-refractivity contribution >= 4 is 22.6 Å². The molecule has 1 heterocycles. The molecule has 0 radical (unpaired) electrons. The van der Waals surface area contributed by atoms with Crippen LogP contribution in [0.2, 0.25) is 0 Å². The van der Waals surface area contributed by atoms with Gasteiger partial charge in [0, 0.05) is 18.1 Å². The summed E-state index contributed by atoms with van der Waals surface area (Å²) >= 11 is 1.11. The molecule has 0 atom stereocenters. The molecule has 1 aromatic rings. The fourth-order valence-corrected chi connectivity index (χ4v) is 1.18. The standard InChI is InChI=1S/C8H12N4O2S/c1-6(5-13)2-3-9-8(14)11-7-4-10-12-15-7/h2,4,13H,3,5H2,1H3,(H2,9,11,14). The molecule has 0 saturated heterocycles. The molecule has 2 amide bonds. The highest BCUT2D eigenvalue weighted by Crippen LogP contribution is 2.07. The molecular formula is C8H12N4O2S. The maximum absolute atomic E-state index is 11.2. The maximum Gasteiger partial charge on any atom is 0.320 e. The second-order valence-electron chi connectivity index (χ2n) is 2.83. The van der Waals surface area contributed by atoms with E-state index in [0.717, 1.165) is 17.1 Å². The number of carbonyl (C=O) groups is 1. The largest absolute Gasteiger partial charge is 0.392 e. The highest BCUT2D eigenvalue weighted by molar-refractivity contribution is 7.10. The number of aliphatic hydroxyl groups excluding tert-OH is 1. The lowest BCUT2D eigenvalue weighted by Crippen LogP contribution is -2.28. The number of aliphatic hydroxyl groups is 1. The van der Waals surface area contributed by atoms with Crippen LogP contribution in [0.4, 0.5) is 9.80 Å². The van der Waals surface area contributed by atoms with Gasteiger partial charge >= 0.3 is 6.03 Å². The van der Waals surface area contributed by atoms with Crippen molar-refractivity contribution in [1.29, 1.82) is 0 Å². The summed E-state index contributed by atoms with van der Waals surface area (Å²) in [6.07, 6.45) is 3.21. The Morgan fingerprint density at radius 3 is 3.13 bits per heavy atom. The lowest BCUT2D eigenvalue weighted by Gasteiger charge is -2.02. The molecule has 0 bridgehead atoms. The number of hydrogen-bond acceptors (Lipinski definition) is 5. The van der Waals surface area contributed by atoms with E-state index < -0.39 is 0 Å². The highest BCUT2D eigenvalue weighted by Gasteiger charge is 2.01. The quantitative estimate of drug-likeness (QED) is 0.658.